The van der Waals surface area contributed by atoms with E-state index in [0.29, 0.717) is 5.82 Å². The molecule has 0 unspecified atom stereocenters. The molecule has 0 fully saturated rings. The van der Waals surface area contributed by atoms with Gasteiger partial charge in [0.05, 0.1) is 11.9 Å². The van der Waals surface area contributed by atoms with E-state index in [-0.39, 0.29) is 5.75 Å². The first-order chi connectivity index (χ1) is 12.1. The number of hydrogen-bond acceptors (Lipinski definition) is 4. The first-order valence-corrected chi connectivity index (χ1v) is 7.91. The number of aromatic amines is 1. The van der Waals surface area contributed by atoms with Crippen molar-refractivity contribution in [2.75, 3.05) is 0 Å². The van der Waals surface area contributed by atoms with Crippen LogP contribution >= 0.6 is 0 Å². The van der Waals surface area contributed by atoms with Crippen molar-refractivity contribution in [3.05, 3.63) is 76.2 Å². The van der Waals surface area contributed by atoms with Crippen molar-refractivity contribution in [1.82, 2.24) is 19.5 Å². The first kappa shape index (κ1) is 15.1. The molecule has 25 heavy (non-hydrogen) atoms. The summed E-state index contributed by atoms with van der Waals surface area (Å²) in [5, 5.41) is 9.52. The molecule has 0 aliphatic heterocycles. The Kier molecular flexibility index (Phi) is 3.57. The van der Waals surface area contributed by atoms with Crippen molar-refractivity contribution in [3.8, 4) is 17.1 Å². The van der Waals surface area contributed by atoms with Crippen molar-refractivity contribution >= 4 is 11.6 Å². The van der Waals surface area contributed by atoms with E-state index in [0.717, 1.165) is 34.5 Å². The minimum absolute atomic E-state index is 0.366. The number of aromatic hydroxyl groups is 1. The van der Waals surface area contributed by atoms with Crippen molar-refractivity contribution < 1.29 is 5.11 Å². The summed E-state index contributed by atoms with van der Waals surface area (Å²) in [6, 6.07) is 5.74. The fourth-order valence-electron chi connectivity index (χ4n) is 3.00. The minimum Gasteiger partial charge on any atom is -0.502 e. The number of H-pyrrole nitrogens is 1. The van der Waals surface area contributed by atoms with Gasteiger partial charge in [-0.3, -0.25) is 14.3 Å². The summed E-state index contributed by atoms with van der Waals surface area (Å²) in [7, 11) is 1.59. The molecule has 1 aliphatic rings. The van der Waals surface area contributed by atoms with Crippen LogP contribution in [0.25, 0.3) is 23.0 Å². The van der Waals surface area contributed by atoms with Gasteiger partial charge < -0.3 is 10.1 Å². The Morgan fingerprint density at radius 1 is 1.28 bits per heavy atom. The normalized spacial score (nSPS) is 13.2. The lowest BCUT2D eigenvalue weighted by Crippen LogP contribution is -2.19. The molecule has 3 aromatic heterocycles. The largest absolute Gasteiger partial charge is 0.502 e. The van der Waals surface area contributed by atoms with E-state index in [9.17, 15) is 9.90 Å². The summed E-state index contributed by atoms with van der Waals surface area (Å²) in [6.07, 6.45) is 11.9. The molecule has 0 amide bonds. The van der Waals surface area contributed by atoms with E-state index in [1.54, 1.807) is 19.3 Å². The lowest BCUT2D eigenvalue weighted by molar-refractivity contribution is 0.457. The van der Waals surface area contributed by atoms with Crippen molar-refractivity contribution in [3.63, 3.8) is 0 Å². The number of allylic oxidation sites excluding steroid dienone is 2. The van der Waals surface area contributed by atoms with Crippen LogP contribution in [0.3, 0.4) is 0 Å². The van der Waals surface area contributed by atoms with E-state index >= 15 is 0 Å². The van der Waals surface area contributed by atoms with E-state index in [1.807, 2.05) is 18.3 Å². The fourth-order valence-corrected chi connectivity index (χ4v) is 3.00. The maximum atomic E-state index is 12.0. The highest BCUT2D eigenvalue weighted by atomic mass is 16.3. The molecular formula is C19H16N4O2. The Morgan fingerprint density at radius 3 is 3.04 bits per heavy atom. The van der Waals surface area contributed by atoms with E-state index in [4.69, 9.17) is 0 Å². The number of aromatic nitrogens is 4. The molecule has 0 saturated carbocycles. The van der Waals surface area contributed by atoms with E-state index in [1.165, 1.54) is 10.8 Å². The van der Waals surface area contributed by atoms with Gasteiger partial charge in [-0.25, -0.2) is 4.98 Å². The Hall–Kier alpha value is -3.41. The first-order valence-electron chi connectivity index (χ1n) is 7.91. The summed E-state index contributed by atoms with van der Waals surface area (Å²) < 4.78 is 1.33. The third-order valence-corrected chi connectivity index (χ3v) is 4.26. The Balaban J connectivity index is 1.84. The molecule has 0 aromatic carbocycles. The molecule has 0 spiro atoms. The lowest BCUT2D eigenvalue weighted by Gasteiger charge is -2.10. The SMILES string of the molecule is Cn1c(-c2ccnc(C3=CCC=Cc4[nH]ccc43)c2)ncc(O)c1=O. The predicted octanol–water partition coefficient (Wildman–Crippen LogP) is 2.72. The molecule has 3 heterocycles. The summed E-state index contributed by atoms with van der Waals surface area (Å²) in [5.74, 6) is 0.114. The van der Waals surface area contributed by atoms with Crippen molar-refractivity contribution in [2.45, 2.75) is 6.42 Å². The lowest BCUT2D eigenvalue weighted by atomic mass is 10.0. The van der Waals surface area contributed by atoms with E-state index in [2.05, 4.69) is 33.2 Å². The van der Waals surface area contributed by atoms with Crippen LogP contribution in [0.15, 0.2) is 53.7 Å². The topological polar surface area (TPSA) is 83.8 Å². The van der Waals surface area contributed by atoms with Gasteiger partial charge in [-0.15, -0.1) is 0 Å². The van der Waals surface area contributed by atoms with Crippen LogP contribution in [0, 0.1) is 0 Å². The maximum absolute atomic E-state index is 12.0. The number of pyridine rings is 1. The van der Waals surface area contributed by atoms with Crippen LogP contribution in [-0.2, 0) is 7.05 Å². The minimum atomic E-state index is -0.478. The summed E-state index contributed by atoms with van der Waals surface area (Å²) in [4.78, 5) is 23.9. The zero-order chi connectivity index (χ0) is 17.4. The molecule has 6 heteroatoms. The summed E-state index contributed by atoms with van der Waals surface area (Å²) in [6.45, 7) is 0. The maximum Gasteiger partial charge on any atom is 0.295 e. The predicted molar refractivity (Wildman–Crippen MR) is 95.9 cm³/mol. The van der Waals surface area contributed by atoms with Crippen LogP contribution in [0.1, 0.15) is 23.4 Å². The second-order valence-corrected chi connectivity index (χ2v) is 5.82. The van der Waals surface area contributed by atoms with Gasteiger partial charge in [0.1, 0.15) is 5.82 Å². The van der Waals surface area contributed by atoms with Gasteiger partial charge in [0, 0.05) is 41.8 Å². The molecule has 2 N–H and O–H groups in total. The third kappa shape index (κ3) is 2.57. The monoisotopic (exact) mass is 332 g/mol. The third-order valence-electron chi connectivity index (χ3n) is 4.26. The van der Waals surface area contributed by atoms with Gasteiger partial charge in [-0.2, -0.15) is 0 Å². The highest BCUT2D eigenvalue weighted by molar-refractivity contribution is 5.84. The molecule has 6 nitrogen and oxygen atoms in total. The number of fused-ring (bicyclic) bond motifs is 1. The molecule has 124 valence electrons. The zero-order valence-corrected chi connectivity index (χ0v) is 13.6. The van der Waals surface area contributed by atoms with Gasteiger partial charge in [0.2, 0.25) is 0 Å². The number of rotatable bonds is 2. The second-order valence-electron chi connectivity index (χ2n) is 5.82. The van der Waals surface area contributed by atoms with Gasteiger partial charge in [-0.05, 0) is 30.7 Å². The average Bonchev–Trinajstić information content (AvgIpc) is 2.99. The Labute approximate surface area is 143 Å². The second kappa shape index (κ2) is 5.90. The molecule has 4 rings (SSSR count). The van der Waals surface area contributed by atoms with Gasteiger partial charge in [0.15, 0.2) is 5.75 Å². The Bertz CT molecular complexity index is 1070. The Morgan fingerprint density at radius 2 is 2.16 bits per heavy atom. The molecule has 3 aromatic rings. The molecule has 0 saturated heterocycles. The standard InChI is InChI=1S/C19H16N4O2/c1-23-18(22-11-17(24)19(23)25)12-6-8-21-16(10-12)13-4-2-3-5-15-14(13)7-9-20-15/h3-11,20,24H,2H2,1H3. The highest BCUT2D eigenvalue weighted by Gasteiger charge is 2.15. The van der Waals surface area contributed by atoms with Gasteiger partial charge in [0.25, 0.3) is 5.56 Å². The van der Waals surface area contributed by atoms with Crippen LogP contribution in [-0.4, -0.2) is 24.6 Å². The average molecular weight is 332 g/mol. The smallest absolute Gasteiger partial charge is 0.295 e. The van der Waals surface area contributed by atoms with Crippen LogP contribution in [0.2, 0.25) is 0 Å². The van der Waals surface area contributed by atoms with Gasteiger partial charge >= 0.3 is 0 Å². The highest BCUT2D eigenvalue weighted by Crippen LogP contribution is 2.30. The summed E-state index contributed by atoms with van der Waals surface area (Å²) >= 11 is 0. The fraction of sp³-hybridized carbons (Fsp3) is 0.105. The number of hydrogen-bond donors (Lipinski definition) is 2. The molecule has 0 radical (unpaired) electrons. The number of nitrogens with one attached hydrogen (secondary N) is 1. The van der Waals surface area contributed by atoms with Gasteiger partial charge in [-0.1, -0.05) is 12.2 Å². The molecule has 0 bridgehead atoms. The zero-order valence-electron chi connectivity index (χ0n) is 13.6. The molecule has 1 aliphatic carbocycles. The summed E-state index contributed by atoms with van der Waals surface area (Å²) in [5.41, 5.74) is 4.27. The van der Waals surface area contributed by atoms with Crippen molar-refractivity contribution in [2.24, 2.45) is 7.05 Å². The molecular weight excluding hydrogens is 316 g/mol. The van der Waals surface area contributed by atoms with Crippen molar-refractivity contribution in [1.29, 1.82) is 0 Å². The van der Waals surface area contributed by atoms with Crippen LogP contribution in [0.4, 0.5) is 0 Å². The number of nitrogens with zero attached hydrogens (tertiary/aromatic N) is 3. The van der Waals surface area contributed by atoms with E-state index < -0.39 is 5.56 Å². The quantitative estimate of drug-likeness (QED) is 0.756. The molecule has 0 atom stereocenters. The van der Waals surface area contributed by atoms with Crippen LogP contribution < -0.4 is 5.56 Å². The van der Waals surface area contributed by atoms with Crippen LogP contribution in [0.5, 0.6) is 5.75 Å².